The van der Waals surface area contributed by atoms with E-state index in [0.29, 0.717) is 6.42 Å². The quantitative estimate of drug-likeness (QED) is 0.617. The number of carboxylic acids is 1. The van der Waals surface area contributed by atoms with Crippen LogP contribution in [0.5, 0.6) is 0 Å². The fraction of sp³-hybridized carbons (Fsp3) is 0.533. The number of nitrogens with zero attached hydrogens (tertiary/aromatic N) is 1. The summed E-state index contributed by atoms with van der Waals surface area (Å²) in [5, 5.41) is 22.9. The molecule has 0 fully saturated rings. The van der Waals surface area contributed by atoms with Crippen molar-refractivity contribution in [3.8, 4) is 0 Å². The highest BCUT2D eigenvalue weighted by Gasteiger charge is 2.22. The van der Waals surface area contributed by atoms with E-state index in [1.807, 2.05) is 20.8 Å². The van der Waals surface area contributed by atoms with Gasteiger partial charge in [-0.05, 0) is 30.4 Å². The molecule has 0 aliphatic carbocycles. The molecule has 1 unspecified atom stereocenters. The van der Waals surface area contributed by atoms with E-state index >= 15 is 0 Å². The van der Waals surface area contributed by atoms with Gasteiger partial charge in [-0.3, -0.25) is 14.9 Å². The van der Waals surface area contributed by atoms with Crippen LogP contribution < -0.4 is 5.32 Å². The van der Waals surface area contributed by atoms with Crippen LogP contribution in [0.2, 0.25) is 0 Å². The molecular formula is C15H22N2O4. The molecule has 0 spiro atoms. The Morgan fingerprint density at radius 3 is 2.48 bits per heavy atom. The minimum Gasteiger partial charge on any atom is -0.481 e. The van der Waals surface area contributed by atoms with Crippen molar-refractivity contribution in [3.05, 3.63) is 33.9 Å². The van der Waals surface area contributed by atoms with Crippen molar-refractivity contribution in [3.63, 3.8) is 0 Å². The second kappa shape index (κ2) is 6.56. The third-order valence-electron chi connectivity index (χ3n) is 3.06. The van der Waals surface area contributed by atoms with E-state index in [-0.39, 0.29) is 23.6 Å². The first-order chi connectivity index (χ1) is 9.58. The highest BCUT2D eigenvalue weighted by atomic mass is 16.6. The van der Waals surface area contributed by atoms with E-state index < -0.39 is 10.9 Å². The minimum absolute atomic E-state index is 0.00764. The first-order valence-corrected chi connectivity index (χ1v) is 6.82. The summed E-state index contributed by atoms with van der Waals surface area (Å²) in [5.41, 5.74) is 1.48. The molecule has 0 saturated heterocycles. The van der Waals surface area contributed by atoms with Gasteiger partial charge in [0.15, 0.2) is 0 Å². The maximum absolute atomic E-state index is 11.0. The number of benzene rings is 1. The van der Waals surface area contributed by atoms with Gasteiger partial charge in [0.25, 0.3) is 5.69 Å². The van der Waals surface area contributed by atoms with Crippen molar-refractivity contribution in [2.45, 2.75) is 46.6 Å². The Morgan fingerprint density at radius 2 is 2.05 bits per heavy atom. The molecule has 0 heterocycles. The first kappa shape index (κ1) is 16.9. The number of carboxylic acid groups (broad SMARTS) is 1. The highest BCUT2D eigenvalue weighted by Crippen LogP contribution is 2.27. The van der Waals surface area contributed by atoms with Crippen LogP contribution in [0.15, 0.2) is 18.2 Å². The summed E-state index contributed by atoms with van der Waals surface area (Å²) < 4.78 is 0. The molecule has 1 rings (SSSR count). The molecule has 21 heavy (non-hydrogen) atoms. The molecule has 0 saturated carbocycles. The van der Waals surface area contributed by atoms with Crippen LogP contribution in [0.25, 0.3) is 0 Å². The smallest absolute Gasteiger partial charge is 0.305 e. The number of hydrogen-bond acceptors (Lipinski definition) is 4. The van der Waals surface area contributed by atoms with E-state index in [1.54, 1.807) is 13.0 Å². The monoisotopic (exact) mass is 294 g/mol. The number of aliphatic carboxylic acids is 1. The lowest BCUT2D eigenvalue weighted by Gasteiger charge is -2.27. The van der Waals surface area contributed by atoms with Gasteiger partial charge < -0.3 is 10.4 Å². The zero-order chi connectivity index (χ0) is 16.2. The number of nitrogens with one attached hydrogen (secondary N) is 1. The Kier molecular flexibility index (Phi) is 5.29. The number of hydrogen-bond donors (Lipinski definition) is 2. The van der Waals surface area contributed by atoms with E-state index in [9.17, 15) is 14.9 Å². The summed E-state index contributed by atoms with van der Waals surface area (Å²) in [5.74, 6) is -0.865. The van der Waals surface area contributed by atoms with E-state index in [4.69, 9.17) is 5.11 Å². The van der Waals surface area contributed by atoms with Crippen LogP contribution in [0, 0.1) is 22.5 Å². The Bertz CT molecular complexity index is 535. The lowest BCUT2D eigenvalue weighted by Crippen LogP contribution is -2.28. The van der Waals surface area contributed by atoms with E-state index in [2.05, 4.69) is 5.32 Å². The molecule has 0 aromatic heterocycles. The Labute approximate surface area is 124 Å². The van der Waals surface area contributed by atoms with Crippen molar-refractivity contribution in [1.82, 2.24) is 0 Å². The van der Waals surface area contributed by atoms with Gasteiger partial charge >= 0.3 is 5.97 Å². The summed E-state index contributed by atoms with van der Waals surface area (Å²) >= 11 is 0. The third-order valence-corrected chi connectivity index (χ3v) is 3.06. The number of aryl methyl sites for hydroxylation is 1. The molecule has 0 amide bonds. The largest absolute Gasteiger partial charge is 0.481 e. The minimum atomic E-state index is -0.865. The Balaban J connectivity index is 2.92. The summed E-state index contributed by atoms with van der Waals surface area (Å²) in [6.07, 6.45) is 0.698. The number of carbonyl (C=O) groups is 1. The third kappa shape index (κ3) is 5.81. The van der Waals surface area contributed by atoms with Gasteiger partial charge in [-0.2, -0.15) is 0 Å². The molecule has 0 aliphatic rings. The topological polar surface area (TPSA) is 92.5 Å². The van der Waals surface area contributed by atoms with Gasteiger partial charge in [0.1, 0.15) is 0 Å². The lowest BCUT2D eigenvalue weighted by molar-refractivity contribution is -0.384. The molecule has 6 nitrogen and oxygen atoms in total. The van der Waals surface area contributed by atoms with E-state index in [1.165, 1.54) is 12.1 Å². The van der Waals surface area contributed by atoms with Gasteiger partial charge in [0, 0.05) is 23.9 Å². The maximum atomic E-state index is 11.0. The number of non-ortho nitro benzene ring substituents is 1. The maximum Gasteiger partial charge on any atom is 0.305 e. The second-order valence-corrected chi connectivity index (χ2v) is 6.46. The molecule has 1 aromatic carbocycles. The number of rotatable bonds is 6. The Hall–Kier alpha value is -2.11. The molecule has 1 aromatic rings. The normalized spacial score (nSPS) is 12.8. The molecule has 1 atom stereocenters. The average molecular weight is 294 g/mol. The van der Waals surface area contributed by atoms with Crippen LogP contribution in [0.3, 0.4) is 0 Å². The van der Waals surface area contributed by atoms with Crippen LogP contribution in [-0.4, -0.2) is 22.0 Å². The molecular weight excluding hydrogens is 272 g/mol. The predicted octanol–water partition coefficient (Wildman–Crippen LogP) is 3.59. The fourth-order valence-electron chi connectivity index (χ4n) is 2.27. The van der Waals surface area contributed by atoms with Crippen molar-refractivity contribution >= 4 is 17.3 Å². The zero-order valence-corrected chi connectivity index (χ0v) is 12.8. The number of nitro benzene ring substituents is 1. The average Bonchev–Trinajstić information content (AvgIpc) is 2.28. The molecule has 0 radical (unpaired) electrons. The van der Waals surface area contributed by atoms with Gasteiger partial charge in [-0.15, -0.1) is 0 Å². The summed E-state index contributed by atoms with van der Waals surface area (Å²) in [6, 6.07) is 4.31. The molecule has 2 N–H and O–H groups in total. The second-order valence-electron chi connectivity index (χ2n) is 6.46. The van der Waals surface area contributed by atoms with Crippen LogP contribution in [0.4, 0.5) is 11.4 Å². The lowest BCUT2D eigenvalue weighted by atomic mass is 9.87. The van der Waals surface area contributed by atoms with Gasteiger partial charge in [-0.25, -0.2) is 0 Å². The Morgan fingerprint density at radius 1 is 1.43 bits per heavy atom. The zero-order valence-electron chi connectivity index (χ0n) is 12.8. The SMILES string of the molecule is Cc1cc([N+](=O)[O-])ccc1NC(CC(=O)O)CC(C)(C)C. The van der Waals surface area contributed by atoms with Gasteiger partial charge in [-0.1, -0.05) is 20.8 Å². The number of anilines is 1. The van der Waals surface area contributed by atoms with Crippen molar-refractivity contribution in [2.24, 2.45) is 5.41 Å². The van der Waals surface area contributed by atoms with Crippen molar-refractivity contribution in [2.75, 3.05) is 5.32 Å². The molecule has 0 aliphatic heterocycles. The predicted molar refractivity (Wildman–Crippen MR) is 81.6 cm³/mol. The van der Waals surface area contributed by atoms with Crippen LogP contribution >= 0.6 is 0 Å². The van der Waals surface area contributed by atoms with Crippen molar-refractivity contribution < 1.29 is 14.8 Å². The van der Waals surface area contributed by atoms with E-state index in [0.717, 1.165) is 11.3 Å². The van der Waals surface area contributed by atoms with Gasteiger partial charge in [0.05, 0.1) is 11.3 Å². The summed E-state index contributed by atoms with van der Waals surface area (Å²) in [6.45, 7) is 7.91. The standard InChI is InChI=1S/C15H22N2O4/c1-10-7-12(17(20)21)5-6-13(10)16-11(8-14(18)19)9-15(2,3)4/h5-7,11,16H,8-9H2,1-4H3,(H,18,19). The summed E-state index contributed by atoms with van der Waals surface area (Å²) in [7, 11) is 0. The van der Waals surface area contributed by atoms with Crippen molar-refractivity contribution in [1.29, 1.82) is 0 Å². The first-order valence-electron chi connectivity index (χ1n) is 6.82. The fourth-order valence-corrected chi connectivity index (χ4v) is 2.27. The van der Waals surface area contributed by atoms with Crippen LogP contribution in [0.1, 0.15) is 39.2 Å². The molecule has 116 valence electrons. The molecule has 6 heteroatoms. The number of nitro groups is 1. The highest BCUT2D eigenvalue weighted by molar-refractivity contribution is 5.68. The van der Waals surface area contributed by atoms with Crippen LogP contribution in [-0.2, 0) is 4.79 Å². The molecule has 0 bridgehead atoms. The summed E-state index contributed by atoms with van der Waals surface area (Å²) in [4.78, 5) is 21.3. The van der Waals surface area contributed by atoms with Gasteiger partial charge in [0.2, 0.25) is 0 Å².